The summed E-state index contributed by atoms with van der Waals surface area (Å²) in [5, 5.41) is 11.6. The topological polar surface area (TPSA) is 67.8 Å². The fourth-order valence-electron chi connectivity index (χ4n) is 3.57. The van der Waals surface area contributed by atoms with Crippen molar-refractivity contribution in [3.05, 3.63) is 77.9 Å². The van der Waals surface area contributed by atoms with E-state index in [1.807, 2.05) is 48.5 Å². The lowest BCUT2D eigenvalue weighted by Gasteiger charge is -2.16. The summed E-state index contributed by atoms with van der Waals surface area (Å²) in [5.41, 5.74) is 3.86. The lowest BCUT2D eigenvalue weighted by atomic mass is 9.98. The van der Waals surface area contributed by atoms with E-state index in [9.17, 15) is 23.1 Å². The number of carbonyl (C=O) groups is 1. The van der Waals surface area contributed by atoms with Crippen LogP contribution in [-0.4, -0.2) is 24.2 Å². The maximum atomic E-state index is 12.6. The number of aromatic hydroxyl groups is 1. The zero-order valence-corrected chi connectivity index (χ0v) is 15.4. The molecule has 4 rings (SSSR count). The number of benzene rings is 3. The molecule has 0 fully saturated rings. The van der Waals surface area contributed by atoms with Gasteiger partial charge in [0.15, 0.2) is 5.75 Å². The number of fused-ring (bicyclic) bond motifs is 3. The average molecular weight is 415 g/mol. The Morgan fingerprint density at radius 1 is 0.967 bits per heavy atom. The van der Waals surface area contributed by atoms with E-state index in [1.165, 1.54) is 0 Å². The van der Waals surface area contributed by atoms with Crippen molar-refractivity contribution in [1.29, 1.82) is 0 Å². The van der Waals surface area contributed by atoms with Crippen LogP contribution in [0.25, 0.3) is 11.1 Å². The van der Waals surface area contributed by atoms with Gasteiger partial charge in [0.2, 0.25) is 0 Å². The van der Waals surface area contributed by atoms with Crippen molar-refractivity contribution in [2.24, 2.45) is 0 Å². The Bertz CT molecular complexity index is 1050. The van der Waals surface area contributed by atoms with Crippen LogP contribution in [0.4, 0.5) is 23.7 Å². The molecule has 2 N–H and O–H groups in total. The molecule has 0 heterocycles. The first-order valence-corrected chi connectivity index (χ1v) is 9.02. The van der Waals surface area contributed by atoms with Gasteiger partial charge in [0.25, 0.3) is 0 Å². The van der Waals surface area contributed by atoms with Gasteiger partial charge in [-0.1, -0.05) is 48.5 Å². The van der Waals surface area contributed by atoms with Crippen molar-refractivity contribution in [3.8, 4) is 22.6 Å². The molecule has 0 spiro atoms. The van der Waals surface area contributed by atoms with Gasteiger partial charge in [0.1, 0.15) is 12.4 Å². The molecule has 0 unspecified atom stereocenters. The number of nitrogens with one attached hydrogen (secondary N) is 1. The van der Waals surface area contributed by atoms with E-state index in [-0.39, 0.29) is 18.2 Å². The van der Waals surface area contributed by atoms with Gasteiger partial charge in [-0.2, -0.15) is 0 Å². The number of phenols is 1. The van der Waals surface area contributed by atoms with Crippen LogP contribution < -0.4 is 10.1 Å². The van der Waals surface area contributed by atoms with E-state index in [2.05, 4.69) is 10.1 Å². The van der Waals surface area contributed by atoms with E-state index < -0.39 is 24.0 Å². The summed E-state index contributed by atoms with van der Waals surface area (Å²) in [4.78, 5) is 12.3. The summed E-state index contributed by atoms with van der Waals surface area (Å²) in [7, 11) is 0. The molecule has 3 aromatic carbocycles. The van der Waals surface area contributed by atoms with Gasteiger partial charge < -0.3 is 14.6 Å². The quantitative estimate of drug-likeness (QED) is 0.540. The first kappa shape index (κ1) is 19.6. The molecule has 0 saturated carbocycles. The second-order valence-electron chi connectivity index (χ2n) is 6.68. The monoisotopic (exact) mass is 415 g/mol. The molecule has 0 atom stereocenters. The maximum Gasteiger partial charge on any atom is 0.573 e. The fraction of sp³-hybridized carbons (Fsp3) is 0.136. The molecule has 0 aromatic heterocycles. The molecule has 0 radical (unpaired) electrons. The number of halogens is 3. The van der Waals surface area contributed by atoms with E-state index in [0.717, 1.165) is 40.5 Å². The number of hydrogen-bond donors (Lipinski definition) is 2. The second-order valence-corrected chi connectivity index (χ2v) is 6.68. The van der Waals surface area contributed by atoms with Gasteiger partial charge >= 0.3 is 12.5 Å². The minimum absolute atomic E-state index is 0.00735. The van der Waals surface area contributed by atoms with Gasteiger partial charge in [-0.3, -0.25) is 5.32 Å². The Kier molecular flexibility index (Phi) is 4.99. The van der Waals surface area contributed by atoms with Crippen LogP contribution in [0.15, 0.2) is 66.7 Å². The first-order chi connectivity index (χ1) is 14.3. The molecule has 1 amide bonds. The zero-order valence-electron chi connectivity index (χ0n) is 15.4. The normalized spacial score (nSPS) is 12.8. The molecule has 0 aliphatic heterocycles. The van der Waals surface area contributed by atoms with Gasteiger partial charge in [0.05, 0.1) is 5.69 Å². The number of alkyl halides is 3. The number of anilines is 1. The average Bonchev–Trinajstić information content (AvgIpc) is 3.01. The van der Waals surface area contributed by atoms with Crippen molar-refractivity contribution in [2.75, 3.05) is 11.9 Å². The fourth-order valence-corrected chi connectivity index (χ4v) is 3.57. The molecular weight excluding hydrogens is 399 g/mol. The summed E-state index contributed by atoms with van der Waals surface area (Å²) in [6.07, 6.45) is -5.92. The maximum absolute atomic E-state index is 12.6. The summed E-state index contributed by atoms with van der Waals surface area (Å²) in [6.45, 7) is 0.00735. The van der Waals surface area contributed by atoms with Crippen molar-refractivity contribution in [1.82, 2.24) is 0 Å². The second kappa shape index (κ2) is 7.62. The third-order valence-corrected chi connectivity index (χ3v) is 4.77. The first-order valence-electron chi connectivity index (χ1n) is 9.02. The smallest absolute Gasteiger partial charge is 0.508 e. The van der Waals surface area contributed by atoms with Crippen LogP contribution in [0.2, 0.25) is 0 Å². The van der Waals surface area contributed by atoms with Gasteiger partial charge in [-0.25, -0.2) is 4.79 Å². The molecule has 1 aliphatic carbocycles. The van der Waals surface area contributed by atoms with Crippen molar-refractivity contribution >= 4 is 11.8 Å². The molecule has 5 nitrogen and oxygen atoms in total. The van der Waals surface area contributed by atoms with E-state index in [1.54, 1.807) is 0 Å². The Balaban J connectivity index is 1.49. The predicted octanol–water partition coefficient (Wildman–Crippen LogP) is 5.65. The highest BCUT2D eigenvalue weighted by Gasteiger charge is 2.33. The summed E-state index contributed by atoms with van der Waals surface area (Å²) in [6, 6.07) is 18.5. The van der Waals surface area contributed by atoms with Crippen LogP contribution in [0.5, 0.6) is 11.5 Å². The number of amides is 1. The van der Waals surface area contributed by atoms with Crippen LogP contribution in [0, 0.1) is 0 Å². The third kappa shape index (κ3) is 4.03. The van der Waals surface area contributed by atoms with Gasteiger partial charge in [0, 0.05) is 12.0 Å². The standard InChI is InChI=1S/C22H16F3NO4/c23-22(24,25)30-20-11-13(27)9-10-19(20)26-21(28)29-12-18-16-7-3-1-5-14(16)15-6-2-4-8-17(15)18/h1-11,18,27H,12H2,(H,26,28). The van der Waals surface area contributed by atoms with Gasteiger partial charge in [-0.15, -0.1) is 13.2 Å². The minimum atomic E-state index is -4.98. The molecule has 0 bridgehead atoms. The SMILES string of the molecule is O=C(Nc1ccc(O)cc1OC(F)(F)F)OCC1c2ccccc2-c2ccccc21. The molecule has 3 aromatic rings. The number of ether oxygens (including phenoxy) is 2. The number of phenolic OH excluding ortho intramolecular Hbond substituents is 1. The predicted molar refractivity (Wildman–Crippen MR) is 103 cm³/mol. The highest BCUT2D eigenvalue weighted by atomic mass is 19.4. The Hall–Kier alpha value is -3.68. The van der Waals surface area contributed by atoms with Crippen LogP contribution in [-0.2, 0) is 4.74 Å². The number of carbonyl (C=O) groups excluding carboxylic acids is 1. The van der Waals surface area contributed by atoms with E-state index in [4.69, 9.17) is 4.74 Å². The van der Waals surface area contributed by atoms with Crippen LogP contribution >= 0.6 is 0 Å². The van der Waals surface area contributed by atoms with Crippen molar-refractivity contribution in [3.63, 3.8) is 0 Å². The largest absolute Gasteiger partial charge is 0.573 e. The number of rotatable bonds is 4. The molecule has 1 aliphatic rings. The minimum Gasteiger partial charge on any atom is -0.508 e. The Labute approximate surface area is 169 Å². The molecule has 8 heteroatoms. The van der Waals surface area contributed by atoms with Crippen LogP contribution in [0.1, 0.15) is 17.0 Å². The summed E-state index contributed by atoms with van der Waals surface area (Å²) >= 11 is 0. The molecule has 0 saturated heterocycles. The number of hydrogen-bond acceptors (Lipinski definition) is 4. The van der Waals surface area contributed by atoms with Crippen molar-refractivity contribution in [2.45, 2.75) is 12.3 Å². The van der Waals surface area contributed by atoms with Gasteiger partial charge in [-0.05, 0) is 34.4 Å². The lowest BCUT2D eigenvalue weighted by Crippen LogP contribution is -2.21. The molecule has 154 valence electrons. The molecule has 30 heavy (non-hydrogen) atoms. The molecular formula is C22H16F3NO4. The summed E-state index contributed by atoms with van der Waals surface area (Å²) < 4.78 is 46.9. The Morgan fingerprint density at radius 2 is 1.57 bits per heavy atom. The highest BCUT2D eigenvalue weighted by molar-refractivity contribution is 5.87. The Morgan fingerprint density at radius 3 is 2.17 bits per heavy atom. The zero-order chi connectivity index (χ0) is 21.3. The van der Waals surface area contributed by atoms with Crippen LogP contribution in [0.3, 0.4) is 0 Å². The van der Waals surface area contributed by atoms with E-state index >= 15 is 0 Å². The lowest BCUT2D eigenvalue weighted by molar-refractivity contribution is -0.274. The van der Waals surface area contributed by atoms with Crippen molar-refractivity contribution < 1.29 is 32.5 Å². The third-order valence-electron chi connectivity index (χ3n) is 4.77. The summed E-state index contributed by atoms with van der Waals surface area (Å²) in [5.74, 6) is -1.36. The highest BCUT2D eigenvalue weighted by Crippen LogP contribution is 2.44. The van der Waals surface area contributed by atoms with E-state index in [0.29, 0.717) is 0 Å².